The van der Waals surface area contributed by atoms with Gasteiger partial charge < -0.3 is 14.4 Å². The van der Waals surface area contributed by atoms with Gasteiger partial charge in [0.1, 0.15) is 29.1 Å². The topological polar surface area (TPSA) is 81.6 Å². The highest BCUT2D eigenvalue weighted by Gasteiger charge is 2.43. The molecule has 0 radical (unpaired) electrons. The molecule has 7 heteroatoms. The molecule has 0 atom stereocenters. The number of piperidine rings is 1. The second-order valence-corrected chi connectivity index (χ2v) is 7.35. The van der Waals surface area contributed by atoms with Gasteiger partial charge in [-0.2, -0.15) is 0 Å². The maximum Gasteiger partial charge on any atom is 0.343 e. The fourth-order valence-electron chi connectivity index (χ4n) is 3.94. The molecule has 0 amide bonds. The number of carbonyl (C=O) groups is 2. The molecule has 3 heterocycles. The van der Waals surface area contributed by atoms with Crippen LogP contribution in [-0.4, -0.2) is 47.0 Å². The standard InChI is InChI=1S/C21H23N3O4/c1-3-27-20(26)16-12-22-13-23-19(16)24-8-6-21(7-9-24)11-17(25)15-10-14(2)4-5-18(15)28-21/h4-5,10,12-13H,3,6-9,11H2,1-2H3. The molecule has 0 bridgehead atoms. The van der Waals surface area contributed by atoms with E-state index in [2.05, 4.69) is 9.97 Å². The van der Waals surface area contributed by atoms with E-state index in [1.54, 1.807) is 6.92 Å². The average molecular weight is 381 g/mol. The Morgan fingerprint density at radius 2 is 2.11 bits per heavy atom. The van der Waals surface area contributed by atoms with E-state index in [4.69, 9.17) is 9.47 Å². The van der Waals surface area contributed by atoms with Crippen molar-refractivity contribution in [1.82, 2.24) is 9.97 Å². The summed E-state index contributed by atoms with van der Waals surface area (Å²) in [6, 6.07) is 5.75. The molecule has 0 unspecified atom stereocenters. The molecule has 1 fully saturated rings. The smallest absolute Gasteiger partial charge is 0.343 e. The first-order chi connectivity index (χ1) is 13.5. The van der Waals surface area contributed by atoms with Crippen LogP contribution >= 0.6 is 0 Å². The molecule has 1 aromatic carbocycles. The van der Waals surface area contributed by atoms with E-state index in [0.29, 0.717) is 61.7 Å². The van der Waals surface area contributed by atoms with E-state index in [9.17, 15) is 9.59 Å². The number of benzene rings is 1. The van der Waals surface area contributed by atoms with Crippen LogP contribution in [0.25, 0.3) is 0 Å². The Bertz CT molecular complexity index is 920. The number of aryl methyl sites for hydroxylation is 1. The van der Waals surface area contributed by atoms with Gasteiger partial charge in [-0.15, -0.1) is 0 Å². The summed E-state index contributed by atoms with van der Waals surface area (Å²) < 4.78 is 11.4. The number of anilines is 1. The number of esters is 1. The number of ketones is 1. The third-order valence-corrected chi connectivity index (χ3v) is 5.41. The number of nitrogens with zero attached hydrogens (tertiary/aromatic N) is 3. The maximum atomic E-state index is 12.7. The molecule has 2 aliphatic heterocycles. The van der Waals surface area contributed by atoms with Crippen LogP contribution in [0.15, 0.2) is 30.7 Å². The Morgan fingerprint density at radius 1 is 1.32 bits per heavy atom. The van der Waals surface area contributed by atoms with Gasteiger partial charge in [-0.3, -0.25) is 4.79 Å². The largest absolute Gasteiger partial charge is 0.486 e. The van der Waals surface area contributed by atoms with Gasteiger partial charge in [0.15, 0.2) is 5.78 Å². The summed E-state index contributed by atoms with van der Waals surface area (Å²) >= 11 is 0. The van der Waals surface area contributed by atoms with Crippen LogP contribution in [0, 0.1) is 6.92 Å². The fraction of sp³-hybridized carbons (Fsp3) is 0.429. The molecule has 0 aliphatic carbocycles. The predicted molar refractivity (Wildman–Crippen MR) is 103 cm³/mol. The molecule has 28 heavy (non-hydrogen) atoms. The van der Waals surface area contributed by atoms with E-state index < -0.39 is 11.6 Å². The zero-order valence-corrected chi connectivity index (χ0v) is 16.1. The van der Waals surface area contributed by atoms with Gasteiger partial charge in [0.25, 0.3) is 0 Å². The monoisotopic (exact) mass is 381 g/mol. The van der Waals surface area contributed by atoms with Gasteiger partial charge in [-0.25, -0.2) is 14.8 Å². The van der Waals surface area contributed by atoms with Gasteiger partial charge in [0, 0.05) is 32.1 Å². The number of rotatable bonds is 3. The van der Waals surface area contributed by atoms with Crippen molar-refractivity contribution in [2.24, 2.45) is 0 Å². The van der Waals surface area contributed by atoms with Crippen molar-refractivity contribution >= 4 is 17.6 Å². The maximum absolute atomic E-state index is 12.7. The summed E-state index contributed by atoms with van der Waals surface area (Å²) in [4.78, 5) is 35.2. The molecule has 2 aromatic rings. The van der Waals surface area contributed by atoms with Gasteiger partial charge >= 0.3 is 5.97 Å². The molecule has 1 saturated heterocycles. The van der Waals surface area contributed by atoms with Crippen molar-refractivity contribution in [3.05, 3.63) is 47.4 Å². The normalized spacial score (nSPS) is 17.8. The summed E-state index contributed by atoms with van der Waals surface area (Å²) in [7, 11) is 0. The zero-order chi connectivity index (χ0) is 19.7. The van der Waals surface area contributed by atoms with Crippen molar-refractivity contribution in [2.45, 2.75) is 38.7 Å². The van der Waals surface area contributed by atoms with Crippen LogP contribution in [0.4, 0.5) is 5.82 Å². The highest BCUT2D eigenvalue weighted by atomic mass is 16.5. The zero-order valence-electron chi connectivity index (χ0n) is 16.1. The number of Topliss-reactive ketones (excluding diaryl/α,β-unsaturated/α-hetero) is 1. The Kier molecular flexibility index (Phi) is 4.75. The summed E-state index contributed by atoms with van der Waals surface area (Å²) in [5.74, 6) is 0.949. The predicted octanol–water partition coefficient (Wildman–Crippen LogP) is 2.97. The molecular formula is C21H23N3O4. The highest BCUT2D eigenvalue weighted by Crippen LogP contribution is 2.40. The van der Waals surface area contributed by atoms with Crippen LogP contribution in [0.2, 0.25) is 0 Å². The Labute approximate surface area is 163 Å². The Morgan fingerprint density at radius 3 is 2.86 bits per heavy atom. The van der Waals surface area contributed by atoms with Gasteiger partial charge in [-0.1, -0.05) is 11.6 Å². The van der Waals surface area contributed by atoms with Crippen LogP contribution in [0.5, 0.6) is 5.75 Å². The third kappa shape index (κ3) is 3.32. The lowest BCUT2D eigenvalue weighted by Crippen LogP contribution is -2.51. The minimum absolute atomic E-state index is 0.132. The van der Waals surface area contributed by atoms with Crippen molar-refractivity contribution in [3.63, 3.8) is 0 Å². The van der Waals surface area contributed by atoms with E-state index in [-0.39, 0.29) is 5.78 Å². The number of hydrogen-bond donors (Lipinski definition) is 0. The SMILES string of the molecule is CCOC(=O)c1cncnc1N1CCC2(CC1)CC(=O)c1cc(C)ccc1O2. The molecule has 0 saturated carbocycles. The second kappa shape index (κ2) is 7.22. The summed E-state index contributed by atoms with van der Waals surface area (Å²) in [5, 5.41) is 0. The number of aromatic nitrogens is 2. The van der Waals surface area contributed by atoms with Crippen LogP contribution in [0.1, 0.15) is 52.5 Å². The first kappa shape index (κ1) is 18.4. The molecule has 1 aromatic heterocycles. The van der Waals surface area contributed by atoms with Crippen molar-refractivity contribution in [1.29, 1.82) is 0 Å². The number of carbonyl (C=O) groups excluding carboxylic acids is 2. The highest BCUT2D eigenvalue weighted by molar-refractivity contribution is 6.00. The van der Waals surface area contributed by atoms with Crippen molar-refractivity contribution in [2.75, 3.05) is 24.6 Å². The fourth-order valence-corrected chi connectivity index (χ4v) is 3.94. The van der Waals surface area contributed by atoms with Crippen molar-refractivity contribution < 1.29 is 19.1 Å². The summed E-state index contributed by atoms with van der Waals surface area (Å²) in [5.41, 5.74) is 1.60. The van der Waals surface area contributed by atoms with E-state index >= 15 is 0 Å². The first-order valence-electron chi connectivity index (χ1n) is 9.56. The number of fused-ring (bicyclic) bond motifs is 1. The molecule has 1 spiro atoms. The molecule has 4 rings (SSSR count). The van der Waals surface area contributed by atoms with Gasteiger partial charge in [0.2, 0.25) is 0 Å². The molecule has 2 aliphatic rings. The minimum atomic E-state index is -0.493. The van der Waals surface area contributed by atoms with Crippen LogP contribution in [-0.2, 0) is 4.74 Å². The lowest BCUT2D eigenvalue weighted by Gasteiger charge is -2.44. The minimum Gasteiger partial charge on any atom is -0.486 e. The van der Waals surface area contributed by atoms with Crippen LogP contribution in [0.3, 0.4) is 0 Å². The van der Waals surface area contributed by atoms with Gasteiger partial charge in [0.05, 0.1) is 18.6 Å². The molecular weight excluding hydrogens is 358 g/mol. The van der Waals surface area contributed by atoms with Crippen LogP contribution < -0.4 is 9.64 Å². The Balaban J connectivity index is 1.52. The molecule has 0 N–H and O–H groups in total. The number of hydrogen-bond acceptors (Lipinski definition) is 7. The summed E-state index contributed by atoms with van der Waals surface area (Å²) in [6.45, 7) is 5.31. The average Bonchev–Trinajstić information content (AvgIpc) is 2.70. The quantitative estimate of drug-likeness (QED) is 0.756. The Hall–Kier alpha value is -2.96. The lowest BCUT2D eigenvalue weighted by molar-refractivity contribution is 0.0231. The van der Waals surface area contributed by atoms with Gasteiger partial charge in [-0.05, 0) is 26.0 Å². The first-order valence-corrected chi connectivity index (χ1v) is 9.56. The molecule has 146 valence electrons. The summed E-state index contributed by atoms with van der Waals surface area (Å²) in [6.07, 6.45) is 4.66. The van der Waals surface area contributed by atoms with E-state index in [1.165, 1.54) is 12.5 Å². The molecule has 7 nitrogen and oxygen atoms in total. The van der Waals surface area contributed by atoms with E-state index in [1.807, 2.05) is 30.0 Å². The number of ether oxygens (including phenoxy) is 2. The lowest BCUT2D eigenvalue weighted by atomic mass is 9.82. The third-order valence-electron chi connectivity index (χ3n) is 5.41. The second-order valence-electron chi connectivity index (χ2n) is 7.35. The van der Waals surface area contributed by atoms with Crippen molar-refractivity contribution in [3.8, 4) is 5.75 Å². The van der Waals surface area contributed by atoms with E-state index in [0.717, 1.165) is 5.56 Å².